The lowest BCUT2D eigenvalue weighted by Crippen LogP contribution is -1.99. The van der Waals surface area contributed by atoms with E-state index in [4.69, 9.17) is 10.5 Å². The van der Waals surface area contributed by atoms with Crippen LogP contribution in [0.2, 0.25) is 0 Å². The van der Waals surface area contributed by atoms with Gasteiger partial charge < -0.3 is 10.5 Å². The molecule has 1 heterocycles. The Morgan fingerprint density at radius 3 is 2.93 bits per heavy atom. The predicted octanol–water partition coefficient (Wildman–Crippen LogP) is 1.31. The van der Waals surface area contributed by atoms with E-state index >= 15 is 0 Å². The van der Waals surface area contributed by atoms with E-state index in [0.717, 1.165) is 5.75 Å². The Balaban J connectivity index is 2.69. The number of hydrogen-bond acceptors (Lipinski definition) is 6. The fraction of sp³-hybridized carbons (Fsp3) is 0.375. The van der Waals surface area contributed by atoms with Gasteiger partial charge in [-0.25, -0.2) is 4.98 Å². The van der Waals surface area contributed by atoms with E-state index in [1.54, 1.807) is 13.2 Å². The number of anilines is 1. The van der Waals surface area contributed by atoms with Crippen LogP contribution in [0.4, 0.5) is 11.5 Å². The summed E-state index contributed by atoms with van der Waals surface area (Å²) in [6, 6.07) is 2.94. The molecule has 0 spiro atoms. The number of nitrogen functional groups attached to an aromatic ring is 1. The topological polar surface area (TPSA) is 91.3 Å². The average Bonchev–Trinajstić information content (AvgIpc) is 2.17. The van der Waals surface area contributed by atoms with E-state index in [9.17, 15) is 10.1 Å². The van der Waals surface area contributed by atoms with Crippen molar-refractivity contribution in [3.63, 3.8) is 0 Å². The second-order valence-electron chi connectivity index (χ2n) is 2.65. The SMILES string of the molecule is COCCSc1ccc([N+](=O)[O-])c(N)n1. The highest BCUT2D eigenvalue weighted by Gasteiger charge is 2.12. The first-order chi connectivity index (χ1) is 7.15. The lowest BCUT2D eigenvalue weighted by molar-refractivity contribution is -0.384. The molecular weight excluding hydrogens is 218 g/mol. The summed E-state index contributed by atoms with van der Waals surface area (Å²) in [5.41, 5.74) is 5.27. The van der Waals surface area contributed by atoms with Gasteiger partial charge in [-0.3, -0.25) is 10.1 Å². The normalized spacial score (nSPS) is 10.2. The third-order valence-corrected chi connectivity index (χ3v) is 2.50. The molecule has 82 valence electrons. The summed E-state index contributed by atoms with van der Waals surface area (Å²) in [6.07, 6.45) is 0. The van der Waals surface area contributed by atoms with Crippen LogP contribution in [0.15, 0.2) is 17.2 Å². The van der Waals surface area contributed by atoms with Crippen LogP contribution in [-0.2, 0) is 4.74 Å². The minimum Gasteiger partial charge on any atom is -0.384 e. The molecule has 1 aromatic rings. The molecule has 0 aromatic carbocycles. The number of methoxy groups -OCH3 is 1. The van der Waals surface area contributed by atoms with E-state index in [0.29, 0.717) is 11.6 Å². The third kappa shape index (κ3) is 3.37. The van der Waals surface area contributed by atoms with Crippen molar-refractivity contribution >= 4 is 23.3 Å². The molecule has 0 unspecified atom stereocenters. The molecule has 0 amide bonds. The second-order valence-corrected chi connectivity index (χ2v) is 3.77. The lowest BCUT2D eigenvalue weighted by Gasteiger charge is -2.01. The lowest BCUT2D eigenvalue weighted by atomic mass is 10.4. The minimum absolute atomic E-state index is 0.0533. The number of ether oxygens (including phenoxy) is 1. The van der Waals surface area contributed by atoms with Crippen LogP contribution in [0, 0.1) is 10.1 Å². The van der Waals surface area contributed by atoms with Gasteiger partial charge in [0.1, 0.15) is 0 Å². The monoisotopic (exact) mass is 229 g/mol. The highest BCUT2D eigenvalue weighted by molar-refractivity contribution is 7.99. The Bertz CT molecular complexity index is 359. The van der Waals surface area contributed by atoms with Crippen LogP contribution >= 0.6 is 11.8 Å². The van der Waals surface area contributed by atoms with Gasteiger partial charge in [0, 0.05) is 18.9 Å². The summed E-state index contributed by atoms with van der Waals surface area (Å²) in [6.45, 7) is 0.600. The summed E-state index contributed by atoms with van der Waals surface area (Å²) in [5, 5.41) is 11.1. The van der Waals surface area contributed by atoms with E-state index < -0.39 is 4.92 Å². The number of nitrogens with zero attached hydrogens (tertiary/aromatic N) is 2. The van der Waals surface area contributed by atoms with Crippen molar-refractivity contribution in [3.8, 4) is 0 Å². The summed E-state index contributed by atoms with van der Waals surface area (Å²) in [4.78, 5) is 13.8. The molecule has 1 rings (SSSR count). The molecule has 15 heavy (non-hydrogen) atoms. The molecule has 0 saturated heterocycles. The van der Waals surface area contributed by atoms with Crippen molar-refractivity contribution in [1.82, 2.24) is 4.98 Å². The van der Waals surface area contributed by atoms with Crippen LogP contribution in [0.25, 0.3) is 0 Å². The molecule has 0 radical (unpaired) electrons. The first-order valence-corrected chi connectivity index (χ1v) is 5.16. The van der Waals surface area contributed by atoms with Crippen LogP contribution < -0.4 is 5.73 Å². The fourth-order valence-electron chi connectivity index (χ4n) is 0.913. The largest absolute Gasteiger partial charge is 0.384 e. The van der Waals surface area contributed by atoms with Gasteiger partial charge in [-0.2, -0.15) is 0 Å². The standard InChI is InChI=1S/C8H11N3O3S/c1-14-4-5-15-7-3-2-6(11(12)13)8(9)10-7/h2-3H,4-5H2,1H3,(H2,9,10). The van der Waals surface area contributed by atoms with E-state index in [-0.39, 0.29) is 11.5 Å². The van der Waals surface area contributed by atoms with Gasteiger partial charge in [-0.05, 0) is 6.07 Å². The smallest absolute Gasteiger partial charge is 0.311 e. The van der Waals surface area contributed by atoms with Crippen LogP contribution in [0.5, 0.6) is 0 Å². The number of aromatic nitrogens is 1. The average molecular weight is 229 g/mol. The molecular formula is C8H11N3O3S. The quantitative estimate of drug-likeness (QED) is 0.354. The fourth-order valence-corrected chi connectivity index (χ4v) is 1.70. The van der Waals surface area contributed by atoms with Crippen molar-refractivity contribution in [2.45, 2.75) is 5.03 Å². The number of rotatable bonds is 5. The number of hydrogen-bond donors (Lipinski definition) is 1. The molecule has 0 aliphatic carbocycles. The van der Waals surface area contributed by atoms with E-state index in [1.807, 2.05) is 0 Å². The highest BCUT2D eigenvalue weighted by atomic mass is 32.2. The Morgan fingerprint density at radius 1 is 1.67 bits per heavy atom. The number of nitrogens with two attached hydrogens (primary N) is 1. The van der Waals surface area contributed by atoms with Crippen molar-refractivity contribution in [2.24, 2.45) is 0 Å². The molecule has 0 saturated carbocycles. The predicted molar refractivity (Wildman–Crippen MR) is 57.9 cm³/mol. The van der Waals surface area contributed by atoms with Crippen LogP contribution in [-0.4, -0.2) is 29.4 Å². The molecule has 0 aliphatic heterocycles. The summed E-state index contributed by atoms with van der Waals surface area (Å²) in [7, 11) is 1.61. The third-order valence-electron chi connectivity index (χ3n) is 1.61. The Kier molecular flexibility index (Phi) is 4.32. The number of pyridine rings is 1. The van der Waals surface area contributed by atoms with Gasteiger partial charge in [0.05, 0.1) is 16.6 Å². The molecule has 1 aromatic heterocycles. The molecule has 6 nitrogen and oxygen atoms in total. The van der Waals surface area contributed by atoms with Crippen molar-refractivity contribution in [1.29, 1.82) is 0 Å². The van der Waals surface area contributed by atoms with Crippen molar-refractivity contribution in [3.05, 3.63) is 22.2 Å². The van der Waals surface area contributed by atoms with E-state index in [2.05, 4.69) is 4.98 Å². The molecule has 2 N–H and O–H groups in total. The molecule has 0 aliphatic rings. The maximum atomic E-state index is 10.5. The highest BCUT2D eigenvalue weighted by Crippen LogP contribution is 2.23. The Morgan fingerprint density at radius 2 is 2.40 bits per heavy atom. The summed E-state index contributed by atoms with van der Waals surface area (Å²) in [5.74, 6) is 0.684. The van der Waals surface area contributed by atoms with Gasteiger partial charge in [-0.1, -0.05) is 0 Å². The van der Waals surface area contributed by atoms with Gasteiger partial charge >= 0.3 is 5.69 Å². The van der Waals surface area contributed by atoms with Crippen molar-refractivity contribution in [2.75, 3.05) is 25.2 Å². The van der Waals surface area contributed by atoms with Crippen molar-refractivity contribution < 1.29 is 9.66 Å². The van der Waals surface area contributed by atoms with Gasteiger partial charge in [0.25, 0.3) is 0 Å². The Hall–Kier alpha value is -1.34. The zero-order valence-electron chi connectivity index (χ0n) is 8.17. The minimum atomic E-state index is -0.550. The van der Waals surface area contributed by atoms with Crippen LogP contribution in [0.3, 0.4) is 0 Å². The maximum Gasteiger partial charge on any atom is 0.311 e. The zero-order valence-corrected chi connectivity index (χ0v) is 8.99. The van der Waals surface area contributed by atoms with E-state index in [1.165, 1.54) is 17.8 Å². The van der Waals surface area contributed by atoms with Crippen LogP contribution in [0.1, 0.15) is 0 Å². The summed E-state index contributed by atoms with van der Waals surface area (Å²) < 4.78 is 4.87. The van der Waals surface area contributed by atoms with Gasteiger partial charge in [0.15, 0.2) is 0 Å². The maximum absolute atomic E-state index is 10.5. The summed E-state index contributed by atoms with van der Waals surface area (Å²) >= 11 is 1.44. The molecule has 0 fully saturated rings. The zero-order chi connectivity index (χ0) is 11.3. The second kappa shape index (κ2) is 5.52. The molecule has 0 atom stereocenters. The number of thioether (sulfide) groups is 1. The van der Waals surface area contributed by atoms with Gasteiger partial charge in [-0.15, -0.1) is 11.8 Å². The number of nitro groups is 1. The first kappa shape index (κ1) is 11.7. The van der Waals surface area contributed by atoms with Gasteiger partial charge in [0.2, 0.25) is 5.82 Å². The molecule has 0 bridgehead atoms. The Labute approximate surface area is 91.0 Å². The first-order valence-electron chi connectivity index (χ1n) is 4.18. The molecule has 7 heteroatoms.